The molecular weight excluding hydrogens is 615 g/mol. The van der Waals surface area contributed by atoms with Gasteiger partial charge < -0.3 is 0 Å². The summed E-state index contributed by atoms with van der Waals surface area (Å²) in [5, 5.41) is -0.0246. The Morgan fingerprint density at radius 2 is 1.06 bits per heavy atom. The maximum absolute atomic E-state index is 9.62. The normalized spacial score (nSPS) is 14.4. The number of aromatic nitrogens is 3. The molecule has 2 aromatic heterocycles. The molecule has 0 aliphatic heterocycles. The molecule has 9 rings (SSSR count). The molecule has 0 fully saturated rings. The van der Waals surface area contributed by atoms with Crippen molar-refractivity contribution >= 4 is 31.5 Å². The summed E-state index contributed by atoms with van der Waals surface area (Å²) in [5.41, 5.74) is 4.31. The summed E-state index contributed by atoms with van der Waals surface area (Å²) in [6.07, 6.45) is 0. The minimum Gasteiger partial charge on any atom is -0.208 e. The van der Waals surface area contributed by atoms with Gasteiger partial charge in [0.25, 0.3) is 0 Å². The van der Waals surface area contributed by atoms with Crippen molar-refractivity contribution in [3.8, 4) is 67.5 Å². The van der Waals surface area contributed by atoms with Gasteiger partial charge in [-0.1, -0.05) is 151 Å². The molecule has 0 N–H and O–H groups in total. The monoisotopic (exact) mass is 654 g/mol. The second-order valence-electron chi connectivity index (χ2n) is 11.2. The average Bonchev–Trinajstić information content (AvgIpc) is 3.69. The Hall–Kier alpha value is -6.23. The molecule has 0 saturated heterocycles. The minimum absolute atomic E-state index is 0.00889. The third kappa shape index (κ3) is 5.48. The van der Waals surface area contributed by atoms with Crippen LogP contribution in [0, 0.1) is 0 Å². The van der Waals surface area contributed by atoms with E-state index < -0.39 is 54.4 Å². The molecule has 7 aromatic carbocycles. The van der Waals surface area contributed by atoms with Crippen molar-refractivity contribution in [2.45, 2.75) is 0 Å². The molecule has 4 heteroatoms. The number of fused-ring (bicyclic) bond motifs is 3. The van der Waals surface area contributed by atoms with Crippen LogP contribution < -0.4 is 0 Å². The third-order valence-electron chi connectivity index (χ3n) is 8.17. The number of hydrogen-bond acceptors (Lipinski definition) is 4. The topological polar surface area (TPSA) is 38.7 Å². The lowest BCUT2D eigenvalue weighted by atomic mass is 9.94. The van der Waals surface area contributed by atoms with E-state index in [0.717, 1.165) is 33.6 Å². The summed E-state index contributed by atoms with van der Waals surface area (Å²) < 4.78 is 97.4. The Balaban J connectivity index is 1.34. The second-order valence-corrected chi connectivity index (χ2v) is 12.2. The summed E-state index contributed by atoms with van der Waals surface area (Å²) >= 11 is 0.896. The van der Waals surface area contributed by atoms with Crippen molar-refractivity contribution < 1.29 is 15.1 Å². The van der Waals surface area contributed by atoms with Crippen LogP contribution >= 0.6 is 11.3 Å². The molecule has 9 aromatic rings. The maximum atomic E-state index is 9.62. The van der Waals surface area contributed by atoms with Crippen molar-refractivity contribution in [1.82, 2.24) is 15.0 Å². The summed E-state index contributed by atoms with van der Waals surface area (Å²) in [5.74, 6) is 0.471. The highest BCUT2D eigenvalue weighted by Gasteiger charge is 2.18. The summed E-state index contributed by atoms with van der Waals surface area (Å²) in [6, 6.07) is 29.1. The van der Waals surface area contributed by atoms with E-state index in [1.54, 1.807) is 0 Å². The standard InChI is InChI=1S/C45H29N3S/c1-5-14-30(15-6-1)34-24-26-37(39(28-34)32-18-9-3-10-19-32)45-47-43(33-20-11-4-12-21-33)46-44(48-45)35-25-27-38-41(29-35)49-40-23-13-22-36(42(38)40)31-16-7-2-8-17-31/h1-29H/i2D,7D,8D,13D,16D,17D,22D,23D,25D,27D,29D. The first kappa shape index (κ1) is 19.6. The van der Waals surface area contributed by atoms with Crippen LogP contribution in [0.3, 0.4) is 0 Å². The SMILES string of the molecule is [2H]c1c([2H])c([2H])c(-c2c([2H])c([2H])c([2H])c3sc4c([2H])c(-c5nc(-c6ccccc6)nc(-c6ccc(-c7ccccc7)cc6-c6ccccc6)n5)c([2H])c([2H])c4c23)c([2H])c1[2H]. The number of rotatable bonds is 6. The van der Waals surface area contributed by atoms with E-state index in [1.165, 1.54) is 0 Å². The highest BCUT2D eigenvalue weighted by molar-refractivity contribution is 7.26. The first-order chi connectivity index (χ1) is 28.9. The zero-order chi connectivity index (χ0) is 42.1. The molecule has 49 heavy (non-hydrogen) atoms. The van der Waals surface area contributed by atoms with E-state index in [-0.39, 0.29) is 66.4 Å². The third-order valence-corrected chi connectivity index (χ3v) is 9.19. The molecule has 0 aliphatic rings. The van der Waals surface area contributed by atoms with E-state index in [0.29, 0.717) is 11.1 Å². The number of thiophene rings is 1. The highest BCUT2D eigenvalue weighted by Crippen LogP contribution is 2.42. The first-order valence-corrected chi connectivity index (χ1v) is 16.3. The van der Waals surface area contributed by atoms with Gasteiger partial charge >= 0.3 is 0 Å². The van der Waals surface area contributed by atoms with Crippen LogP contribution in [0.4, 0.5) is 0 Å². The van der Waals surface area contributed by atoms with Crippen LogP contribution in [0.2, 0.25) is 0 Å². The lowest BCUT2D eigenvalue weighted by Gasteiger charge is -2.14. The molecule has 0 bridgehead atoms. The Kier molecular flexibility index (Phi) is 4.96. The van der Waals surface area contributed by atoms with Crippen LogP contribution in [-0.4, -0.2) is 15.0 Å². The van der Waals surface area contributed by atoms with Gasteiger partial charge in [0.05, 0.1) is 15.1 Å². The van der Waals surface area contributed by atoms with E-state index in [9.17, 15) is 4.11 Å². The molecule has 0 spiro atoms. The zero-order valence-corrected chi connectivity index (χ0v) is 26.5. The second kappa shape index (κ2) is 12.4. The number of hydrogen-bond donors (Lipinski definition) is 0. The van der Waals surface area contributed by atoms with E-state index in [2.05, 4.69) is 6.07 Å². The van der Waals surface area contributed by atoms with Gasteiger partial charge in [0, 0.05) is 36.9 Å². The van der Waals surface area contributed by atoms with Gasteiger partial charge in [-0.05, 0) is 57.6 Å². The van der Waals surface area contributed by atoms with Crippen LogP contribution in [-0.2, 0) is 0 Å². The predicted molar refractivity (Wildman–Crippen MR) is 205 cm³/mol. The van der Waals surface area contributed by atoms with Gasteiger partial charge in [0.1, 0.15) is 0 Å². The maximum Gasteiger partial charge on any atom is 0.164 e. The lowest BCUT2D eigenvalue weighted by molar-refractivity contribution is 1.07. The molecular formula is C45H29N3S. The first-order valence-electron chi connectivity index (χ1n) is 21.0. The van der Waals surface area contributed by atoms with Gasteiger partial charge in [-0.2, -0.15) is 0 Å². The highest BCUT2D eigenvalue weighted by atomic mass is 32.1. The van der Waals surface area contributed by atoms with Crippen molar-refractivity contribution in [3.05, 3.63) is 176 Å². The van der Waals surface area contributed by atoms with Gasteiger partial charge in [-0.3, -0.25) is 0 Å². The molecule has 0 unspecified atom stereocenters. The fourth-order valence-corrected chi connectivity index (χ4v) is 6.87. The molecule has 0 saturated carbocycles. The van der Waals surface area contributed by atoms with E-state index in [1.807, 2.05) is 103 Å². The Morgan fingerprint density at radius 1 is 0.408 bits per heavy atom. The number of nitrogens with zero attached hydrogens (tertiary/aromatic N) is 3. The molecule has 0 amide bonds. The Bertz CT molecular complexity index is 3190. The minimum atomic E-state index is -0.653. The largest absolute Gasteiger partial charge is 0.208 e. The number of benzene rings is 7. The van der Waals surface area contributed by atoms with Crippen molar-refractivity contribution in [2.75, 3.05) is 0 Å². The van der Waals surface area contributed by atoms with Crippen LogP contribution in [0.1, 0.15) is 15.1 Å². The van der Waals surface area contributed by atoms with Crippen LogP contribution in [0.5, 0.6) is 0 Å². The Labute approximate surface area is 304 Å². The van der Waals surface area contributed by atoms with Gasteiger partial charge in [-0.25, -0.2) is 15.0 Å². The fourth-order valence-electron chi connectivity index (χ4n) is 5.85. The smallest absolute Gasteiger partial charge is 0.164 e. The van der Waals surface area contributed by atoms with E-state index >= 15 is 0 Å². The molecule has 0 aliphatic carbocycles. The summed E-state index contributed by atoms with van der Waals surface area (Å²) in [4.78, 5) is 14.7. The molecule has 3 nitrogen and oxygen atoms in total. The van der Waals surface area contributed by atoms with Gasteiger partial charge in [-0.15, -0.1) is 11.3 Å². The fraction of sp³-hybridized carbons (Fsp3) is 0. The lowest BCUT2D eigenvalue weighted by Crippen LogP contribution is -2.01. The molecule has 0 atom stereocenters. The van der Waals surface area contributed by atoms with Crippen molar-refractivity contribution in [1.29, 1.82) is 0 Å². The van der Waals surface area contributed by atoms with E-state index in [4.69, 9.17) is 25.9 Å². The average molecular weight is 655 g/mol. The molecule has 2 heterocycles. The zero-order valence-electron chi connectivity index (χ0n) is 36.6. The predicted octanol–water partition coefficient (Wildman–Crippen LogP) is 12.2. The molecule has 0 radical (unpaired) electrons. The Morgan fingerprint density at radius 3 is 1.80 bits per heavy atom. The quantitative estimate of drug-likeness (QED) is 0.179. The van der Waals surface area contributed by atoms with Gasteiger partial charge in [0.15, 0.2) is 17.5 Å². The summed E-state index contributed by atoms with van der Waals surface area (Å²) in [7, 11) is 0. The van der Waals surface area contributed by atoms with Gasteiger partial charge in [0.2, 0.25) is 0 Å². The van der Waals surface area contributed by atoms with Crippen molar-refractivity contribution in [3.63, 3.8) is 0 Å². The summed E-state index contributed by atoms with van der Waals surface area (Å²) in [6.45, 7) is 0. The van der Waals surface area contributed by atoms with Crippen LogP contribution in [0.15, 0.2) is 176 Å². The molecule has 230 valence electrons. The van der Waals surface area contributed by atoms with Crippen molar-refractivity contribution in [2.24, 2.45) is 0 Å². The van der Waals surface area contributed by atoms with Crippen LogP contribution in [0.25, 0.3) is 87.7 Å².